The highest BCUT2D eigenvalue weighted by Crippen LogP contribution is 2.32. The van der Waals surface area contributed by atoms with E-state index < -0.39 is 29.0 Å². The lowest BCUT2D eigenvalue weighted by Crippen LogP contribution is -2.61. The number of hydrogen-bond donors (Lipinski definition) is 2. The molecule has 0 radical (unpaired) electrons. The first-order chi connectivity index (χ1) is 15.9. The third-order valence-electron chi connectivity index (χ3n) is 6.58. The van der Waals surface area contributed by atoms with E-state index in [4.69, 9.17) is 9.47 Å². The summed E-state index contributed by atoms with van der Waals surface area (Å²) in [7, 11) is 0. The number of carbonyl (C=O) groups is 1. The molecule has 9 nitrogen and oxygen atoms in total. The van der Waals surface area contributed by atoms with Gasteiger partial charge in [0.05, 0.1) is 12.2 Å². The Kier molecular flexibility index (Phi) is 7.11. The van der Waals surface area contributed by atoms with Crippen LogP contribution in [0.2, 0.25) is 0 Å². The topological polar surface area (TPSA) is 114 Å². The number of ether oxygens (including phenoxy) is 2. The predicted octanol–water partition coefficient (Wildman–Crippen LogP) is 1.60. The maximum absolute atomic E-state index is 12.6. The number of aromatic amines is 1. The first-order valence-corrected chi connectivity index (χ1v) is 11.5. The van der Waals surface area contributed by atoms with Crippen LogP contribution in [0.15, 0.2) is 46.1 Å². The largest absolute Gasteiger partial charge is 0.459 e. The fourth-order valence-electron chi connectivity index (χ4n) is 4.73. The fourth-order valence-corrected chi connectivity index (χ4v) is 4.73. The van der Waals surface area contributed by atoms with Gasteiger partial charge in [-0.2, -0.15) is 0 Å². The molecule has 4 rings (SSSR count). The Morgan fingerprint density at radius 1 is 1.21 bits per heavy atom. The summed E-state index contributed by atoms with van der Waals surface area (Å²) < 4.78 is 13.2. The molecule has 9 heteroatoms. The van der Waals surface area contributed by atoms with Crippen molar-refractivity contribution in [1.82, 2.24) is 14.5 Å². The van der Waals surface area contributed by atoms with Crippen LogP contribution in [0.1, 0.15) is 54.3 Å². The number of aliphatic hydroxyl groups is 1. The molecule has 2 fully saturated rings. The zero-order valence-electron chi connectivity index (χ0n) is 18.9. The van der Waals surface area contributed by atoms with E-state index in [1.54, 1.807) is 31.2 Å². The molecule has 1 aliphatic carbocycles. The van der Waals surface area contributed by atoms with Crippen LogP contribution in [-0.2, 0) is 9.47 Å². The van der Waals surface area contributed by atoms with Gasteiger partial charge in [-0.25, -0.2) is 9.59 Å². The van der Waals surface area contributed by atoms with E-state index in [1.807, 2.05) is 6.07 Å². The van der Waals surface area contributed by atoms with Gasteiger partial charge in [-0.3, -0.25) is 19.2 Å². The van der Waals surface area contributed by atoms with Crippen molar-refractivity contribution in [2.75, 3.05) is 26.3 Å². The number of esters is 1. The second-order valence-electron chi connectivity index (χ2n) is 9.06. The smallest absolute Gasteiger partial charge is 0.338 e. The van der Waals surface area contributed by atoms with Crippen LogP contribution in [0.3, 0.4) is 0 Å². The zero-order valence-corrected chi connectivity index (χ0v) is 18.9. The third-order valence-corrected chi connectivity index (χ3v) is 6.58. The molecule has 178 valence electrons. The van der Waals surface area contributed by atoms with Crippen LogP contribution in [0.25, 0.3) is 0 Å². The van der Waals surface area contributed by atoms with E-state index in [1.165, 1.54) is 17.2 Å². The predicted molar refractivity (Wildman–Crippen MR) is 121 cm³/mol. The van der Waals surface area contributed by atoms with Gasteiger partial charge in [-0.05, 0) is 31.9 Å². The lowest BCUT2D eigenvalue weighted by molar-refractivity contribution is -0.221. The summed E-state index contributed by atoms with van der Waals surface area (Å²) in [6, 6.07) is 8.93. The Morgan fingerprint density at radius 2 is 1.94 bits per heavy atom. The van der Waals surface area contributed by atoms with Crippen LogP contribution in [0.5, 0.6) is 0 Å². The lowest BCUT2D eigenvalue weighted by Gasteiger charge is -2.48. The lowest BCUT2D eigenvalue weighted by atomic mass is 9.92. The standard InChI is InChI=1S/C24H31N3O6/c1-17-12-27(23(31)25-21(17)29)20-13-26(19-10-6-3-7-11-19)14-24(15-28,33-20)16-32-22(30)18-8-4-2-5-9-18/h2,4-5,8-9,12,19-20,28H,3,6-7,10-11,13-16H2,1H3,(H,25,29,31)/t20-,24-/m1/s1. The van der Waals surface area contributed by atoms with Gasteiger partial charge in [-0.1, -0.05) is 37.5 Å². The number of carbonyl (C=O) groups excluding carboxylic acids is 1. The maximum atomic E-state index is 12.6. The summed E-state index contributed by atoms with van der Waals surface area (Å²) in [5.74, 6) is -0.504. The van der Waals surface area contributed by atoms with Gasteiger partial charge in [0.15, 0.2) is 6.23 Å². The highest BCUT2D eigenvalue weighted by Gasteiger charge is 2.44. The molecule has 2 aromatic rings. The molecule has 2 aliphatic rings. The van der Waals surface area contributed by atoms with Crippen molar-refractivity contribution in [3.05, 3.63) is 68.5 Å². The first-order valence-electron chi connectivity index (χ1n) is 11.5. The fraction of sp³-hybridized carbons (Fsp3) is 0.542. The molecular weight excluding hydrogens is 426 g/mol. The summed E-state index contributed by atoms with van der Waals surface area (Å²) in [4.78, 5) is 41.5. The SMILES string of the molecule is Cc1cn([C@H]2CN(C3CCCCC3)C[C@@](CO)(COC(=O)c3ccccc3)O2)c(=O)[nH]c1=O. The van der Waals surface area contributed by atoms with E-state index >= 15 is 0 Å². The molecule has 1 aliphatic heterocycles. The molecule has 1 aromatic heterocycles. The Bertz CT molecular complexity index is 1080. The molecule has 0 spiro atoms. The van der Waals surface area contributed by atoms with Crippen molar-refractivity contribution < 1.29 is 19.4 Å². The number of rotatable bonds is 6. The van der Waals surface area contributed by atoms with Gasteiger partial charge in [-0.15, -0.1) is 0 Å². The number of H-pyrrole nitrogens is 1. The van der Waals surface area contributed by atoms with Gasteiger partial charge in [0.2, 0.25) is 0 Å². The highest BCUT2D eigenvalue weighted by atomic mass is 16.6. The van der Waals surface area contributed by atoms with Crippen molar-refractivity contribution in [2.45, 2.75) is 56.9 Å². The monoisotopic (exact) mass is 457 g/mol. The number of nitrogens with one attached hydrogen (secondary N) is 1. The molecule has 0 amide bonds. The maximum Gasteiger partial charge on any atom is 0.338 e. The van der Waals surface area contributed by atoms with Crippen LogP contribution < -0.4 is 11.2 Å². The van der Waals surface area contributed by atoms with Crippen molar-refractivity contribution in [1.29, 1.82) is 0 Å². The number of nitrogens with zero attached hydrogens (tertiary/aromatic N) is 2. The molecule has 0 unspecified atom stereocenters. The summed E-state index contributed by atoms with van der Waals surface area (Å²) in [5.41, 5.74) is -1.42. The van der Waals surface area contributed by atoms with Crippen LogP contribution >= 0.6 is 0 Å². The average Bonchev–Trinajstić information content (AvgIpc) is 2.85. The van der Waals surface area contributed by atoms with Crippen molar-refractivity contribution >= 4 is 5.97 Å². The highest BCUT2D eigenvalue weighted by molar-refractivity contribution is 5.89. The average molecular weight is 458 g/mol. The van der Waals surface area contributed by atoms with E-state index in [0.717, 1.165) is 25.7 Å². The second-order valence-corrected chi connectivity index (χ2v) is 9.06. The van der Waals surface area contributed by atoms with Crippen molar-refractivity contribution in [3.8, 4) is 0 Å². The summed E-state index contributed by atoms with van der Waals surface area (Å²) in [5, 5.41) is 10.4. The minimum absolute atomic E-state index is 0.159. The van der Waals surface area contributed by atoms with E-state index in [0.29, 0.717) is 30.3 Å². The van der Waals surface area contributed by atoms with Crippen molar-refractivity contribution in [2.24, 2.45) is 0 Å². The molecule has 1 aromatic carbocycles. The van der Waals surface area contributed by atoms with Gasteiger partial charge < -0.3 is 14.6 Å². The van der Waals surface area contributed by atoms with Gasteiger partial charge >= 0.3 is 11.7 Å². The Hall–Kier alpha value is -2.75. The molecule has 33 heavy (non-hydrogen) atoms. The molecule has 1 saturated carbocycles. The number of hydrogen-bond acceptors (Lipinski definition) is 7. The van der Waals surface area contributed by atoms with E-state index in [9.17, 15) is 19.5 Å². The number of aryl methyl sites for hydroxylation is 1. The van der Waals surface area contributed by atoms with Crippen LogP contribution in [-0.4, -0.2) is 63.5 Å². The first kappa shape index (κ1) is 23.4. The molecule has 1 saturated heterocycles. The van der Waals surface area contributed by atoms with Crippen molar-refractivity contribution in [3.63, 3.8) is 0 Å². The number of morpholine rings is 1. The summed E-state index contributed by atoms with van der Waals surface area (Å²) >= 11 is 0. The van der Waals surface area contributed by atoms with Crippen LogP contribution in [0, 0.1) is 6.92 Å². The number of aromatic nitrogens is 2. The van der Waals surface area contributed by atoms with Gasteiger partial charge in [0.1, 0.15) is 12.2 Å². The summed E-state index contributed by atoms with van der Waals surface area (Å²) in [6.45, 7) is 1.89. The summed E-state index contributed by atoms with van der Waals surface area (Å²) in [6.07, 6.45) is 6.23. The molecule has 0 bridgehead atoms. The van der Waals surface area contributed by atoms with Gasteiger partial charge in [0.25, 0.3) is 5.56 Å². The Balaban J connectivity index is 1.61. The molecule has 2 N–H and O–H groups in total. The van der Waals surface area contributed by atoms with E-state index in [-0.39, 0.29) is 13.2 Å². The quantitative estimate of drug-likeness (QED) is 0.634. The minimum Gasteiger partial charge on any atom is -0.459 e. The minimum atomic E-state index is -1.20. The van der Waals surface area contributed by atoms with Crippen LogP contribution in [0.4, 0.5) is 0 Å². The second kappa shape index (κ2) is 10.0. The number of benzene rings is 1. The molecule has 2 heterocycles. The third kappa shape index (κ3) is 5.26. The zero-order chi connectivity index (χ0) is 23.4. The normalized spacial score (nSPS) is 24.5. The Labute approximate surface area is 192 Å². The molecule has 2 atom stereocenters. The number of aliphatic hydroxyl groups excluding tert-OH is 1. The van der Waals surface area contributed by atoms with Gasteiger partial charge in [0, 0.05) is 30.9 Å². The molecular formula is C24H31N3O6. The van der Waals surface area contributed by atoms with E-state index in [2.05, 4.69) is 9.88 Å². The Morgan fingerprint density at radius 3 is 2.64 bits per heavy atom.